The molecular weight excluding hydrogens is 553 g/mol. The first-order chi connectivity index (χ1) is 21.0. The molecule has 0 unspecified atom stereocenters. The summed E-state index contributed by atoms with van der Waals surface area (Å²) in [6, 6.07) is 14.9. The van der Waals surface area contributed by atoms with Gasteiger partial charge in [-0.1, -0.05) is 6.42 Å². The summed E-state index contributed by atoms with van der Waals surface area (Å²) in [5, 5.41) is 16.3. The first-order valence-corrected chi connectivity index (χ1v) is 14.2. The fourth-order valence-electron chi connectivity index (χ4n) is 4.81. The number of ether oxygens (including phenoxy) is 3. The Hall–Kier alpha value is -4.90. The van der Waals surface area contributed by atoms with Crippen LogP contribution < -0.4 is 25.0 Å². The molecule has 0 bridgehead atoms. The lowest BCUT2D eigenvalue weighted by Gasteiger charge is -2.26. The lowest BCUT2D eigenvalue weighted by atomic mass is 10.1. The highest BCUT2D eigenvalue weighted by Crippen LogP contribution is 2.38. The van der Waals surface area contributed by atoms with Crippen molar-refractivity contribution < 1.29 is 28.5 Å². The van der Waals surface area contributed by atoms with Crippen molar-refractivity contribution in [2.24, 2.45) is 5.10 Å². The number of nitrogens with zero attached hydrogens (tertiary/aromatic N) is 3. The number of piperidine rings is 1. The van der Waals surface area contributed by atoms with Gasteiger partial charge >= 0.3 is 6.03 Å². The van der Waals surface area contributed by atoms with Crippen molar-refractivity contribution in [3.8, 4) is 28.7 Å². The number of hydrogen-bond donors (Lipinski definition) is 3. The first-order valence-electron chi connectivity index (χ1n) is 14.2. The summed E-state index contributed by atoms with van der Waals surface area (Å²) in [5.41, 5.74) is 3.82. The zero-order chi connectivity index (χ0) is 30.0. The van der Waals surface area contributed by atoms with E-state index in [0.717, 1.165) is 32.1 Å². The quantitative estimate of drug-likeness (QED) is 0.107. The van der Waals surface area contributed by atoms with E-state index in [-0.39, 0.29) is 17.2 Å². The molecule has 3 N–H and O–H groups in total. The van der Waals surface area contributed by atoms with E-state index in [1.165, 1.54) is 49.7 Å². The second-order valence-electron chi connectivity index (χ2n) is 10.1. The Kier molecular flexibility index (Phi) is 9.86. The number of methoxy groups -OCH3 is 1. The SMILES string of the molecule is COc1cc2c(Oc3ccc(NC(=O)N/N=C/c4ccc(O)cc4)cc3F)ccnc2cc1OCCCN1CCCCC1. The maximum Gasteiger partial charge on any atom is 0.339 e. The average molecular weight is 588 g/mol. The number of halogens is 1. The van der Waals surface area contributed by atoms with Gasteiger partial charge in [0.1, 0.15) is 11.5 Å². The fourth-order valence-corrected chi connectivity index (χ4v) is 4.81. The molecule has 0 saturated carbocycles. The number of pyridine rings is 1. The van der Waals surface area contributed by atoms with E-state index in [0.29, 0.717) is 40.3 Å². The number of urea groups is 1. The van der Waals surface area contributed by atoms with E-state index in [4.69, 9.17) is 14.2 Å². The van der Waals surface area contributed by atoms with Gasteiger partial charge in [-0.15, -0.1) is 0 Å². The van der Waals surface area contributed by atoms with Crippen molar-refractivity contribution in [2.45, 2.75) is 25.7 Å². The number of carbonyl (C=O) groups is 1. The Morgan fingerprint density at radius 3 is 2.60 bits per heavy atom. The number of benzene rings is 3. The number of phenols is 1. The number of fused-ring (bicyclic) bond motifs is 1. The molecule has 4 aromatic rings. The van der Waals surface area contributed by atoms with Crippen LogP contribution in [0.2, 0.25) is 0 Å². The second kappa shape index (κ2) is 14.3. The number of nitrogens with one attached hydrogen (secondary N) is 2. The molecule has 2 heterocycles. The van der Waals surface area contributed by atoms with Crippen LogP contribution in [-0.4, -0.2) is 60.6 Å². The maximum atomic E-state index is 15.0. The van der Waals surface area contributed by atoms with Gasteiger partial charge in [-0.2, -0.15) is 5.10 Å². The summed E-state index contributed by atoms with van der Waals surface area (Å²) in [6.07, 6.45) is 7.75. The molecule has 1 aliphatic heterocycles. The van der Waals surface area contributed by atoms with E-state index >= 15 is 0 Å². The highest BCUT2D eigenvalue weighted by Gasteiger charge is 2.15. The summed E-state index contributed by atoms with van der Waals surface area (Å²) >= 11 is 0. The summed E-state index contributed by atoms with van der Waals surface area (Å²) in [5.74, 6) is 0.938. The van der Waals surface area contributed by atoms with Gasteiger partial charge in [0.15, 0.2) is 23.1 Å². The number of hydrazone groups is 1. The number of hydrogen-bond acceptors (Lipinski definition) is 8. The van der Waals surface area contributed by atoms with Crippen LogP contribution in [0.25, 0.3) is 10.9 Å². The molecule has 43 heavy (non-hydrogen) atoms. The summed E-state index contributed by atoms with van der Waals surface area (Å²) < 4.78 is 32.6. The van der Waals surface area contributed by atoms with E-state index in [1.54, 1.807) is 43.6 Å². The Labute approximate surface area is 249 Å². The van der Waals surface area contributed by atoms with Gasteiger partial charge in [0.2, 0.25) is 0 Å². The summed E-state index contributed by atoms with van der Waals surface area (Å²) in [4.78, 5) is 19.1. The molecule has 5 rings (SSSR count). The maximum absolute atomic E-state index is 15.0. The molecule has 0 aliphatic carbocycles. The molecule has 0 atom stereocenters. The standard InChI is InChI=1S/C32H34FN5O5/c1-41-30-19-25-27(20-31(30)42-17-5-16-38-14-3-2-4-15-38)34-13-12-28(25)43-29-11-8-23(18-26(29)33)36-32(40)37-35-21-22-6-9-24(39)10-7-22/h6-13,18-21,39H,2-5,14-17H2,1H3,(H2,36,37,40)/b35-21+. The molecule has 0 spiro atoms. The molecule has 1 fully saturated rings. The van der Waals surface area contributed by atoms with Crippen LogP contribution in [0.1, 0.15) is 31.2 Å². The number of anilines is 1. The van der Waals surface area contributed by atoms with Gasteiger partial charge in [0, 0.05) is 35.9 Å². The van der Waals surface area contributed by atoms with Crippen molar-refractivity contribution >= 4 is 28.8 Å². The van der Waals surface area contributed by atoms with Gasteiger partial charge in [-0.3, -0.25) is 4.98 Å². The van der Waals surface area contributed by atoms with Crippen LogP contribution in [0.3, 0.4) is 0 Å². The number of aromatic nitrogens is 1. The minimum absolute atomic E-state index is 0.0270. The molecule has 10 nitrogen and oxygen atoms in total. The molecular formula is C32H34FN5O5. The van der Waals surface area contributed by atoms with Gasteiger partial charge in [-0.25, -0.2) is 14.6 Å². The Bertz CT molecular complexity index is 1570. The average Bonchev–Trinajstić information content (AvgIpc) is 3.02. The van der Waals surface area contributed by atoms with Crippen LogP contribution in [0.15, 0.2) is 72.0 Å². The molecule has 2 amide bonds. The second-order valence-corrected chi connectivity index (χ2v) is 10.1. The largest absolute Gasteiger partial charge is 0.508 e. The van der Waals surface area contributed by atoms with E-state index in [1.807, 2.05) is 0 Å². The number of amides is 2. The van der Waals surface area contributed by atoms with Gasteiger partial charge in [0.05, 0.1) is 25.4 Å². The number of carbonyl (C=O) groups excluding carboxylic acids is 1. The molecule has 0 radical (unpaired) electrons. The number of rotatable bonds is 11. The lowest BCUT2D eigenvalue weighted by molar-refractivity contribution is 0.203. The summed E-state index contributed by atoms with van der Waals surface area (Å²) in [7, 11) is 1.57. The molecule has 1 aliphatic rings. The molecule has 1 saturated heterocycles. The third-order valence-corrected chi connectivity index (χ3v) is 6.99. The number of aromatic hydroxyl groups is 1. The minimum atomic E-state index is -0.670. The monoisotopic (exact) mass is 587 g/mol. The zero-order valence-electron chi connectivity index (χ0n) is 23.9. The molecule has 224 valence electrons. The lowest BCUT2D eigenvalue weighted by Crippen LogP contribution is -2.31. The highest BCUT2D eigenvalue weighted by atomic mass is 19.1. The van der Waals surface area contributed by atoms with Gasteiger partial charge in [-0.05, 0) is 86.4 Å². The van der Waals surface area contributed by atoms with Crippen LogP contribution in [0.5, 0.6) is 28.7 Å². The minimum Gasteiger partial charge on any atom is -0.508 e. The predicted octanol–water partition coefficient (Wildman–Crippen LogP) is 6.29. The topological polar surface area (TPSA) is 118 Å². The normalized spacial score (nSPS) is 13.6. The Morgan fingerprint density at radius 2 is 1.84 bits per heavy atom. The van der Waals surface area contributed by atoms with E-state index in [9.17, 15) is 14.3 Å². The van der Waals surface area contributed by atoms with Crippen LogP contribution in [-0.2, 0) is 0 Å². The van der Waals surface area contributed by atoms with Gasteiger partial charge in [0.25, 0.3) is 0 Å². The van der Waals surface area contributed by atoms with E-state index in [2.05, 4.69) is 25.7 Å². The van der Waals surface area contributed by atoms with Crippen molar-refractivity contribution in [1.82, 2.24) is 15.3 Å². The van der Waals surface area contributed by atoms with Crippen molar-refractivity contribution in [1.29, 1.82) is 0 Å². The van der Waals surface area contributed by atoms with E-state index < -0.39 is 11.8 Å². The fraction of sp³-hybridized carbons (Fsp3) is 0.281. The smallest absolute Gasteiger partial charge is 0.339 e. The van der Waals surface area contributed by atoms with Crippen LogP contribution in [0.4, 0.5) is 14.9 Å². The Balaban J connectivity index is 1.20. The Morgan fingerprint density at radius 1 is 1.02 bits per heavy atom. The summed E-state index contributed by atoms with van der Waals surface area (Å²) in [6.45, 7) is 3.87. The van der Waals surface area contributed by atoms with Crippen molar-refractivity contribution in [3.05, 3.63) is 78.2 Å². The first kappa shape index (κ1) is 29.6. The third kappa shape index (κ3) is 8.10. The number of phenolic OH excluding ortho intramolecular Hbond substituents is 1. The molecule has 3 aromatic carbocycles. The highest BCUT2D eigenvalue weighted by molar-refractivity contribution is 5.91. The van der Waals surface area contributed by atoms with Crippen LogP contribution in [0, 0.1) is 5.82 Å². The van der Waals surface area contributed by atoms with Gasteiger partial charge < -0.3 is 29.5 Å². The number of likely N-dealkylation sites (tertiary alicyclic amines) is 1. The zero-order valence-corrected chi connectivity index (χ0v) is 23.9. The molecule has 11 heteroatoms. The predicted molar refractivity (Wildman–Crippen MR) is 163 cm³/mol. The van der Waals surface area contributed by atoms with Crippen LogP contribution >= 0.6 is 0 Å². The third-order valence-electron chi connectivity index (χ3n) is 6.99. The van der Waals surface area contributed by atoms with Crippen molar-refractivity contribution in [2.75, 3.05) is 38.7 Å². The molecule has 1 aromatic heterocycles. The van der Waals surface area contributed by atoms with Crippen molar-refractivity contribution in [3.63, 3.8) is 0 Å².